The van der Waals surface area contributed by atoms with Crippen LogP contribution in [0, 0.1) is 11.6 Å². The standard InChI is InChI=1S/C23H20ClF2N5O3/c24-15-3-1-14(2-4-15)20-12-31-19(13-34-20)21(27-28-31)23(33)30-9-7-29(8-10-30)22(32)17-11-16(25)5-6-18(17)26/h1-6,11,20H,7-10,12-13H2. The Labute approximate surface area is 198 Å². The average molecular weight is 488 g/mol. The molecular formula is C23H20ClF2N5O3. The molecule has 11 heteroatoms. The van der Waals surface area contributed by atoms with Gasteiger partial charge in [0.25, 0.3) is 11.8 Å². The molecule has 3 aromatic rings. The summed E-state index contributed by atoms with van der Waals surface area (Å²) in [5.74, 6) is -2.38. The summed E-state index contributed by atoms with van der Waals surface area (Å²) in [6, 6.07) is 10.1. The minimum atomic E-state index is -0.780. The lowest BCUT2D eigenvalue weighted by atomic mass is 10.1. The number of ether oxygens (including phenoxy) is 1. The lowest BCUT2D eigenvalue weighted by molar-refractivity contribution is -0.00202. The molecule has 0 saturated carbocycles. The van der Waals surface area contributed by atoms with Crippen LogP contribution in [-0.4, -0.2) is 62.8 Å². The number of piperazine rings is 1. The van der Waals surface area contributed by atoms with Crippen molar-refractivity contribution in [2.75, 3.05) is 26.2 Å². The molecule has 1 unspecified atom stereocenters. The molecule has 0 aliphatic carbocycles. The summed E-state index contributed by atoms with van der Waals surface area (Å²) < 4.78 is 35.0. The van der Waals surface area contributed by atoms with E-state index in [1.165, 1.54) is 4.90 Å². The Morgan fingerprint density at radius 1 is 0.971 bits per heavy atom. The number of rotatable bonds is 3. The summed E-state index contributed by atoms with van der Waals surface area (Å²) in [5, 5.41) is 8.86. The Balaban J connectivity index is 1.23. The molecule has 3 heterocycles. The van der Waals surface area contributed by atoms with Crippen LogP contribution >= 0.6 is 11.6 Å². The van der Waals surface area contributed by atoms with Gasteiger partial charge in [-0.2, -0.15) is 0 Å². The first-order valence-electron chi connectivity index (χ1n) is 10.7. The maximum absolute atomic E-state index is 14.0. The van der Waals surface area contributed by atoms with Crippen LogP contribution in [0.1, 0.15) is 38.2 Å². The third-order valence-electron chi connectivity index (χ3n) is 6.05. The van der Waals surface area contributed by atoms with E-state index in [1.807, 2.05) is 12.1 Å². The molecule has 8 nitrogen and oxygen atoms in total. The summed E-state index contributed by atoms with van der Waals surface area (Å²) in [4.78, 5) is 28.7. The highest BCUT2D eigenvalue weighted by Gasteiger charge is 2.32. The molecule has 0 bridgehead atoms. The van der Waals surface area contributed by atoms with Crippen molar-refractivity contribution >= 4 is 23.4 Å². The molecule has 1 aromatic heterocycles. The molecule has 0 N–H and O–H groups in total. The first-order chi connectivity index (χ1) is 16.4. The van der Waals surface area contributed by atoms with Crippen LogP contribution in [0.25, 0.3) is 0 Å². The van der Waals surface area contributed by atoms with Crippen LogP contribution < -0.4 is 0 Å². The molecule has 1 fully saturated rings. The maximum Gasteiger partial charge on any atom is 0.276 e. The first-order valence-corrected chi connectivity index (χ1v) is 11.1. The zero-order valence-electron chi connectivity index (χ0n) is 18.0. The van der Waals surface area contributed by atoms with Gasteiger partial charge >= 0.3 is 0 Å². The molecule has 2 amide bonds. The highest BCUT2D eigenvalue weighted by Crippen LogP contribution is 2.28. The lowest BCUT2D eigenvalue weighted by Crippen LogP contribution is -2.51. The molecule has 0 radical (unpaired) electrons. The molecule has 2 aliphatic heterocycles. The van der Waals surface area contributed by atoms with Crippen molar-refractivity contribution < 1.29 is 23.1 Å². The zero-order valence-corrected chi connectivity index (χ0v) is 18.7. The van der Waals surface area contributed by atoms with Crippen LogP contribution in [0.15, 0.2) is 42.5 Å². The Morgan fingerprint density at radius 3 is 2.35 bits per heavy atom. The summed E-state index contributed by atoms with van der Waals surface area (Å²) in [6.07, 6.45) is -0.229. The zero-order chi connectivity index (χ0) is 23.8. The number of hydrogen-bond donors (Lipinski definition) is 0. The normalized spacial score (nSPS) is 18.0. The van der Waals surface area contributed by atoms with Gasteiger partial charge < -0.3 is 14.5 Å². The van der Waals surface area contributed by atoms with Crippen molar-refractivity contribution in [2.24, 2.45) is 0 Å². The van der Waals surface area contributed by atoms with Crippen molar-refractivity contribution in [2.45, 2.75) is 19.3 Å². The van der Waals surface area contributed by atoms with E-state index in [4.69, 9.17) is 16.3 Å². The number of aromatic nitrogens is 3. The van der Waals surface area contributed by atoms with Crippen LogP contribution in [0.5, 0.6) is 0 Å². The van der Waals surface area contributed by atoms with E-state index in [0.29, 0.717) is 17.3 Å². The van der Waals surface area contributed by atoms with E-state index in [-0.39, 0.29) is 56.1 Å². The number of benzene rings is 2. The summed E-state index contributed by atoms with van der Waals surface area (Å²) >= 11 is 5.95. The molecule has 2 aliphatic rings. The predicted molar refractivity (Wildman–Crippen MR) is 117 cm³/mol. The largest absolute Gasteiger partial charge is 0.365 e. The minimum Gasteiger partial charge on any atom is -0.365 e. The molecule has 5 rings (SSSR count). The Bertz CT molecular complexity index is 1240. The summed E-state index contributed by atoms with van der Waals surface area (Å²) in [7, 11) is 0. The number of carbonyl (C=O) groups excluding carboxylic acids is 2. The van der Waals surface area contributed by atoms with Gasteiger partial charge in [0.05, 0.1) is 24.4 Å². The fourth-order valence-electron chi connectivity index (χ4n) is 4.15. The summed E-state index contributed by atoms with van der Waals surface area (Å²) in [5.41, 5.74) is 1.44. The van der Waals surface area contributed by atoms with Gasteiger partial charge in [0.1, 0.15) is 17.7 Å². The van der Waals surface area contributed by atoms with Crippen LogP contribution in [0.2, 0.25) is 5.02 Å². The lowest BCUT2D eigenvalue weighted by Gasteiger charge is -2.34. The van der Waals surface area contributed by atoms with Gasteiger partial charge in [-0.25, -0.2) is 13.5 Å². The monoisotopic (exact) mass is 487 g/mol. The second-order valence-corrected chi connectivity index (χ2v) is 8.56. The molecule has 2 aromatic carbocycles. The molecule has 0 spiro atoms. The van der Waals surface area contributed by atoms with Gasteiger partial charge in [-0.05, 0) is 35.9 Å². The second-order valence-electron chi connectivity index (χ2n) is 8.13. The highest BCUT2D eigenvalue weighted by molar-refractivity contribution is 6.30. The molecular weight excluding hydrogens is 468 g/mol. The van der Waals surface area contributed by atoms with E-state index in [0.717, 1.165) is 23.8 Å². The maximum atomic E-state index is 14.0. The fourth-order valence-corrected chi connectivity index (χ4v) is 4.28. The average Bonchev–Trinajstić information content (AvgIpc) is 3.28. The highest BCUT2D eigenvalue weighted by atomic mass is 35.5. The number of carbonyl (C=O) groups is 2. The molecule has 1 atom stereocenters. The van der Waals surface area contributed by atoms with Crippen molar-refractivity contribution in [1.82, 2.24) is 24.8 Å². The van der Waals surface area contributed by atoms with Crippen molar-refractivity contribution in [3.8, 4) is 0 Å². The molecule has 1 saturated heterocycles. The topological polar surface area (TPSA) is 80.6 Å². The van der Waals surface area contributed by atoms with E-state index in [1.54, 1.807) is 21.7 Å². The van der Waals surface area contributed by atoms with Gasteiger partial charge in [0, 0.05) is 31.2 Å². The van der Waals surface area contributed by atoms with E-state index < -0.39 is 17.5 Å². The van der Waals surface area contributed by atoms with Gasteiger partial charge in [0.2, 0.25) is 0 Å². The van der Waals surface area contributed by atoms with Crippen LogP contribution in [0.3, 0.4) is 0 Å². The Morgan fingerprint density at radius 2 is 1.65 bits per heavy atom. The molecule has 176 valence electrons. The van der Waals surface area contributed by atoms with Crippen molar-refractivity contribution in [1.29, 1.82) is 0 Å². The van der Waals surface area contributed by atoms with Gasteiger partial charge in [-0.15, -0.1) is 5.10 Å². The molecule has 34 heavy (non-hydrogen) atoms. The first kappa shape index (κ1) is 22.4. The number of amides is 2. The third-order valence-corrected chi connectivity index (χ3v) is 6.31. The Hall–Kier alpha value is -3.37. The van der Waals surface area contributed by atoms with E-state index in [9.17, 15) is 18.4 Å². The third kappa shape index (κ3) is 4.26. The number of hydrogen-bond acceptors (Lipinski definition) is 5. The van der Waals surface area contributed by atoms with E-state index in [2.05, 4.69) is 10.3 Å². The Kier molecular flexibility index (Phi) is 6.01. The summed E-state index contributed by atoms with van der Waals surface area (Å²) in [6.45, 7) is 1.46. The van der Waals surface area contributed by atoms with Crippen LogP contribution in [0.4, 0.5) is 8.78 Å². The fraction of sp³-hybridized carbons (Fsp3) is 0.304. The minimum absolute atomic E-state index is 0.179. The van der Waals surface area contributed by atoms with Gasteiger partial charge in [-0.3, -0.25) is 9.59 Å². The number of fused-ring (bicyclic) bond motifs is 1. The van der Waals surface area contributed by atoms with Gasteiger partial charge in [-0.1, -0.05) is 28.9 Å². The predicted octanol–water partition coefficient (Wildman–Crippen LogP) is 3.08. The van der Waals surface area contributed by atoms with Gasteiger partial charge in [0.15, 0.2) is 5.69 Å². The number of halogens is 3. The van der Waals surface area contributed by atoms with Crippen molar-refractivity contribution in [3.05, 3.63) is 81.6 Å². The number of nitrogens with zero attached hydrogens (tertiary/aromatic N) is 5. The van der Waals surface area contributed by atoms with Crippen molar-refractivity contribution in [3.63, 3.8) is 0 Å². The van der Waals surface area contributed by atoms with E-state index >= 15 is 0 Å². The quantitative estimate of drug-likeness (QED) is 0.567. The second kappa shape index (κ2) is 9.11. The van der Waals surface area contributed by atoms with Crippen LogP contribution in [-0.2, 0) is 17.9 Å². The SMILES string of the molecule is O=C(c1cc(F)ccc1F)N1CCN(C(=O)c2nnn3c2COC(c2ccc(Cl)cc2)C3)CC1. The smallest absolute Gasteiger partial charge is 0.276 e.